The molecule has 0 saturated heterocycles. The highest BCUT2D eigenvalue weighted by Gasteiger charge is 2.27. The third kappa shape index (κ3) is 3.65. The molecule has 0 saturated carbocycles. The Kier molecular flexibility index (Phi) is 4.95. The molecular weight excluding hydrogens is 303 g/mol. The van der Waals surface area contributed by atoms with E-state index in [1.54, 1.807) is 24.1 Å². The van der Waals surface area contributed by atoms with Gasteiger partial charge < -0.3 is 4.90 Å². The van der Waals surface area contributed by atoms with Crippen LogP contribution in [0, 0.1) is 5.82 Å². The number of amides is 1. The van der Waals surface area contributed by atoms with Gasteiger partial charge in [-0.3, -0.25) is 9.69 Å². The van der Waals surface area contributed by atoms with Crippen molar-refractivity contribution < 1.29 is 9.18 Å². The molecule has 0 radical (unpaired) electrons. The van der Waals surface area contributed by atoms with Crippen LogP contribution in [0.25, 0.3) is 0 Å². The van der Waals surface area contributed by atoms with Gasteiger partial charge in [-0.05, 0) is 48.7 Å². The molecule has 0 fully saturated rings. The van der Waals surface area contributed by atoms with E-state index in [0.717, 1.165) is 18.4 Å². The van der Waals surface area contributed by atoms with Crippen molar-refractivity contribution in [1.29, 1.82) is 0 Å². The molecule has 0 heterocycles. The normalized spacial score (nSPS) is 16.2. The second-order valence-electron chi connectivity index (χ2n) is 6.54. The van der Waals surface area contributed by atoms with E-state index in [0.29, 0.717) is 19.1 Å². The SMILES string of the molecule is CN(Cc1ccc(F)cc1)C(=O)CN(C)C1CCc2ccccc21. The Labute approximate surface area is 142 Å². The molecule has 1 unspecified atom stereocenters. The van der Waals surface area contributed by atoms with Crippen LogP contribution in [0.1, 0.15) is 29.2 Å². The predicted octanol–water partition coefficient (Wildman–Crippen LogP) is 3.40. The summed E-state index contributed by atoms with van der Waals surface area (Å²) in [7, 11) is 3.80. The minimum Gasteiger partial charge on any atom is -0.340 e. The number of hydrogen-bond acceptors (Lipinski definition) is 2. The summed E-state index contributed by atoms with van der Waals surface area (Å²) in [5, 5.41) is 0. The van der Waals surface area contributed by atoms with Crippen molar-refractivity contribution >= 4 is 5.91 Å². The lowest BCUT2D eigenvalue weighted by molar-refractivity contribution is -0.131. The summed E-state index contributed by atoms with van der Waals surface area (Å²) in [4.78, 5) is 16.3. The molecule has 0 aliphatic heterocycles. The Morgan fingerprint density at radius 1 is 1.12 bits per heavy atom. The monoisotopic (exact) mass is 326 g/mol. The Morgan fingerprint density at radius 2 is 1.83 bits per heavy atom. The summed E-state index contributed by atoms with van der Waals surface area (Å²) in [6.45, 7) is 0.880. The lowest BCUT2D eigenvalue weighted by Crippen LogP contribution is -2.37. The number of likely N-dealkylation sites (N-methyl/N-ethyl adjacent to an activating group) is 2. The maximum absolute atomic E-state index is 13.0. The predicted molar refractivity (Wildman–Crippen MR) is 93.0 cm³/mol. The van der Waals surface area contributed by atoms with Crippen molar-refractivity contribution in [2.24, 2.45) is 0 Å². The molecule has 0 spiro atoms. The maximum Gasteiger partial charge on any atom is 0.236 e. The summed E-state index contributed by atoms with van der Waals surface area (Å²) in [6, 6.07) is 15.1. The zero-order valence-corrected chi connectivity index (χ0v) is 14.2. The average molecular weight is 326 g/mol. The Bertz CT molecular complexity index is 714. The minimum atomic E-state index is -0.257. The van der Waals surface area contributed by atoms with Gasteiger partial charge in [-0.15, -0.1) is 0 Å². The van der Waals surface area contributed by atoms with Crippen molar-refractivity contribution in [2.75, 3.05) is 20.6 Å². The highest BCUT2D eigenvalue weighted by molar-refractivity contribution is 5.78. The van der Waals surface area contributed by atoms with E-state index in [-0.39, 0.29) is 11.7 Å². The first-order valence-corrected chi connectivity index (χ1v) is 8.31. The van der Waals surface area contributed by atoms with Crippen LogP contribution < -0.4 is 0 Å². The smallest absolute Gasteiger partial charge is 0.236 e. The second-order valence-corrected chi connectivity index (χ2v) is 6.54. The maximum atomic E-state index is 13.0. The van der Waals surface area contributed by atoms with Crippen LogP contribution in [0.15, 0.2) is 48.5 Å². The molecule has 0 bridgehead atoms. The molecular formula is C20H23FN2O. The molecule has 1 aliphatic carbocycles. The number of carbonyl (C=O) groups is 1. The van der Waals surface area contributed by atoms with Gasteiger partial charge in [0.2, 0.25) is 5.91 Å². The highest BCUT2D eigenvalue weighted by Crippen LogP contribution is 2.34. The topological polar surface area (TPSA) is 23.6 Å². The number of halogens is 1. The highest BCUT2D eigenvalue weighted by atomic mass is 19.1. The van der Waals surface area contributed by atoms with E-state index in [4.69, 9.17) is 0 Å². The number of hydrogen-bond donors (Lipinski definition) is 0. The quantitative estimate of drug-likeness (QED) is 0.841. The van der Waals surface area contributed by atoms with Gasteiger partial charge in [0.1, 0.15) is 5.82 Å². The van der Waals surface area contributed by atoms with Crippen LogP contribution in [0.2, 0.25) is 0 Å². The first-order chi connectivity index (χ1) is 11.5. The molecule has 4 heteroatoms. The van der Waals surface area contributed by atoms with E-state index in [2.05, 4.69) is 29.2 Å². The summed E-state index contributed by atoms with van der Waals surface area (Å²) < 4.78 is 13.0. The summed E-state index contributed by atoms with van der Waals surface area (Å²) in [6.07, 6.45) is 2.13. The van der Waals surface area contributed by atoms with Crippen LogP contribution in [-0.4, -0.2) is 36.3 Å². The summed E-state index contributed by atoms with van der Waals surface area (Å²) in [5.41, 5.74) is 3.66. The zero-order valence-electron chi connectivity index (χ0n) is 14.2. The van der Waals surface area contributed by atoms with Crippen LogP contribution in [0.4, 0.5) is 4.39 Å². The van der Waals surface area contributed by atoms with E-state index in [1.165, 1.54) is 23.3 Å². The molecule has 126 valence electrons. The van der Waals surface area contributed by atoms with Gasteiger partial charge in [0.05, 0.1) is 6.54 Å². The molecule has 2 aromatic carbocycles. The molecule has 3 rings (SSSR count). The van der Waals surface area contributed by atoms with Gasteiger partial charge in [-0.1, -0.05) is 36.4 Å². The lowest BCUT2D eigenvalue weighted by atomic mass is 10.1. The molecule has 2 aromatic rings. The van der Waals surface area contributed by atoms with Gasteiger partial charge >= 0.3 is 0 Å². The van der Waals surface area contributed by atoms with Gasteiger partial charge in [-0.2, -0.15) is 0 Å². The molecule has 1 atom stereocenters. The van der Waals surface area contributed by atoms with Gasteiger partial charge in [0.25, 0.3) is 0 Å². The summed E-state index contributed by atoms with van der Waals surface area (Å²) >= 11 is 0. The number of nitrogens with zero attached hydrogens (tertiary/aromatic N) is 2. The first-order valence-electron chi connectivity index (χ1n) is 8.31. The lowest BCUT2D eigenvalue weighted by Gasteiger charge is -2.27. The molecule has 3 nitrogen and oxygen atoms in total. The minimum absolute atomic E-state index is 0.0752. The molecule has 1 aliphatic rings. The Balaban J connectivity index is 1.59. The van der Waals surface area contributed by atoms with Gasteiger partial charge in [-0.25, -0.2) is 4.39 Å². The third-order valence-corrected chi connectivity index (χ3v) is 4.78. The zero-order chi connectivity index (χ0) is 17.1. The van der Waals surface area contributed by atoms with Crippen molar-refractivity contribution in [3.8, 4) is 0 Å². The van der Waals surface area contributed by atoms with Crippen molar-refractivity contribution in [3.63, 3.8) is 0 Å². The fraction of sp³-hybridized carbons (Fsp3) is 0.350. The van der Waals surface area contributed by atoms with E-state index in [1.807, 2.05) is 7.05 Å². The summed E-state index contributed by atoms with van der Waals surface area (Å²) in [5.74, 6) is -0.182. The largest absolute Gasteiger partial charge is 0.340 e. The average Bonchev–Trinajstić information content (AvgIpc) is 3.01. The molecule has 0 N–H and O–H groups in total. The fourth-order valence-electron chi connectivity index (χ4n) is 3.39. The number of benzene rings is 2. The molecule has 24 heavy (non-hydrogen) atoms. The number of aryl methyl sites for hydroxylation is 1. The number of carbonyl (C=O) groups excluding carboxylic acids is 1. The van der Waals surface area contributed by atoms with Gasteiger partial charge in [0, 0.05) is 19.6 Å². The van der Waals surface area contributed by atoms with Gasteiger partial charge in [0.15, 0.2) is 0 Å². The Hall–Kier alpha value is -2.20. The van der Waals surface area contributed by atoms with E-state index < -0.39 is 0 Å². The third-order valence-electron chi connectivity index (χ3n) is 4.78. The Morgan fingerprint density at radius 3 is 2.58 bits per heavy atom. The standard InChI is InChI=1S/C20H23FN2O/c1-22(19-12-9-16-5-3-4-6-18(16)19)14-20(24)23(2)13-15-7-10-17(21)11-8-15/h3-8,10-11,19H,9,12-14H2,1-2H3. The van der Waals surface area contributed by atoms with Crippen molar-refractivity contribution in [2.45, 2.75) is 25.4 Å². The number of fused-ring (bicyclic) bond motifs is 1. The fourth-order valence-corrected chi connectivity index (χ4v) is 3.39. The van der Waals surface area contributed by atoms with Crippen LogP contribution in [-0.2, 0) is 17.8 Å². The molecule has 0 aromatic heterocycles. The van der Waals surface area contributed by atoms with Crippen LogP contribution in [0.5, 0.6) is 0 Å². The number of rotatable bonds is 5. The second kappa shape index (κ2) is 7.14. The van der Waals surface area contributed by atoms with Crippen LogP contribution >= 0.6 is 0 Å². The first kappa shape index (κ1) is 16.7. The van der Waals surface area contributed by atoms with Crippen molar-refractivity contribution in [1.82, 2.24) is 9.80 Å². The van der Waals surface area contributed by atoms with Crippen LogP contribution in [0.3, 0.4) is 0 Å². The van der Waals surface area contributed by atoms with E-state index >= 15 is 0 Å². The molecule has 1 amide bonds. The van der Waals surface area contributed by atoms with Crippen molar-refractivity contribution in [3.05, 3.63) is 71.0 Å². The van der Waals surface area contributed by atoms with E-state index in [9.17, 15) is 9.18 Å².